The van der Waals surface area contributed by atoms with Gasteiger partial charge in [0.1, 0.15) is 0 Å². The van der Waals surface area contributed by atoms with Gasteiger partial charge in [0.15, 0.2) is 0 Å². The predicted molar refractivity (Wildman–Crippen MR) is 75.4 cm³/mol. The Hall–Kier alpha value is -1.68. The van der Waals surface area contributed by atoms with Gasteiger partial charge in [-0.2, -0.15) is 9.29 Å². The van der Waals surface area contributed by atoms with Crippen LogP contribution in [-0.2, 0) is 16.6 Å². The number of nitrogens with one attached hydrogen (secondary N) is 2. The third-order valence-corrected chi connectivity index (χ3v) is 4.91. The van der Waals surface area contributed by atoms with Crippen LogP contribution in [0, 0.1) is 0 Å². The molecule has 1 fully saturated rings. The van der Waals surface area contributed by atoms with E-state index >= 15 is 0 Å². The van der Waals surface area contributed by atoms with Gasteiger partial charge in [-0.05, 0) is 13.3 Å². The topological polar surface area (TPSA) is 109 Å². The number of hydrogen-bond acceptors (Lipinski definition) is 6. The van der Waals surface area contributed by atoms with Gasteiger partial charge in [0.25, 0.3) is 5.91 Å². The lowest BCUT2D eigenvalue weighted by molar-refractivity contribution is 0.0885. The van der Waals surface area contributed by atoms with Crippen molar-refractivity contribution in [1.82, 2.24) is 24.4 Å². The third kappa shape index (κ3) is 2.86. The van der Waals surface area contributed by atoms with E-state index in [9.17, 15) is 13.2 Å². The van der Waals surface area contributed by atoms with Crippen molar-refractivity contribution in [3.8, 4) is 0 Å². The van der Waals surface area contributed by atoms with Crippen LogP contribution in [0.1, 0.15) is 24.0 Å². The maximum absolute atomic E-state index is 12.1. The first-order valence-electron chi connectivity index (χ1n) is 6.80. The fourth-order valence-electron chi connectivity index (χ4n) is 2.36. The zero-order valence-electron chi connectivity index (χ0n) is 11.9. The zero-order chi connectivity index (χ0) is 15.2. The number of fused-ring (bicyclic) bond motifs is 1. The number of amides is 1. The van der Waals surface area contributed by atoms with Crippen molar-refractivity contribution >= 4 is 21.9 Å². The Morgan fingerprint density at radius 3 is 2.81 bits per heavy atom. The minimum atomic E-state index is -3.17. The Bertz CT molecular complexity index is 663. The molecule has 0 bridgehead atoms. The average Bonchev–Trinajstić information content (AvgIpc) is 2.74. The summed E-state index contributed by atoms with van der Waals surface area (Å²) in [6, 6.07) is 0.132. The maximum atomic E-state index is 12.1. The van der Waals surface area contributed by atoms with Crippen LogP contribution in [0.4, 0.5) is 5.95 Å². The highest BCUT2D eigenvalue weighted by Crippen LogP contribution is 2.16. The molecule has 21 heavy (non-hydrogen) atoms. The average molecular weight is 314 g/mol. The van der Waals surface area contributed by atoms with Gasteiger partial charge >= 0.3 is 0 Å². The van der Waals surface area contributed by atoms with E-state index < -0.39 is 10.0 Å². The van der Waals surface area contributed by atoms with Gasteiger partial charge in [-0.1, -0.05) is 0 Å². The number of nitrogens with zero attached hydrogens (tertiary/aromatic N) is 4. The summed E-state index contributed by atoms with van der Waals surface area (Å²) in [4.78, 5) is 16.2. The van der Waals surface area contributed by atoms with Gasteiger partial charge in [0.05, 0.1) is 12.3 Å². The van der Waals surface area contributed by atoms with E-state index in [1.54, 1.807) is 4.68 Å². The summed E-state index contributed by atoms with van der Waals surface area (Å²) >= 11 is 0. The van der Waals surface area contributed by atoms with Crippen LogP contribution in [0.3, 0.4) is 0 Å². The smallest absolute Gasteiger partial charge is 0.291 e. The standard InChI is InChI=1S/C11H18N6O3S/c1-7-3-4-17-11(12-7)14-9(15-17)10(18)13-8-5-16(6-8)21(2,19)20/h7-8H,3-6H2,1-2H3,(H,13,18)(H,12,14,15). The molecule has 1 aromatic rings. The maximum Gasteiger partial charge on any atom is 0.291 e. The molecule has 2 aliphatic heterocycles. The lowest BCUT2D eigenvalue weighted by Crippen LogP contribution is -2.60. The van der Waals surface area contributed by atoms with Crippen LogP contribution >= 0.6 is 0 Å². The van der Waals surface area contributed by atoms with Crippen molar-refractivity contribution in [1.29, 1.82) is 0 Å². The number of aryl methyl sites for hydroxylation is 1. The SMILES string of the molecule is CC1CCn2nc(C(=O)NC3CN(S(C)(=O)=O)C3)nc2N1. The van der Waals surface area contributed by atoms with E-state index in [4.69, 9.17) is 0 Å². The second-order valence-electron chi connectivity index (χ2n) is 5.57. The fraction of sp³-hybridized carbons (Fsp3) is 0.727. The second kappa shape index (κ2) is 4.95. The van der Waals surface area contributed by atoms with Gasteiger partial charge < -0.3 is 10.6 Å². The Morgan fingerprint density at radius 1 is 1.43 bits per heavy atom. The summed E-state index contributed by atoms with van der Waals surface area (Å²) in [5.74, 6) is 0.346. The molecule has 0 aromatic carbocycles. The van der Waals surface area contributed by atoms with Crippen LogP contribution < -0.4 is 10.6 Å². The second-order valence-corrected chi connectivity index (χ2v) is 7.55. The number of aromatic nitrogens is 3. The number of anilines is 1. The molecule has 2 N–H and O–H groups in total. The van der Waals surface area contributed by atoms with Crippen molar-refractivity contribution < 1.29 is 13.2 Å². The molecule has 10 heteroatoms. The van der Waals surface area contributed by atoms with Gasteiger partial charge in [0.2, 0.25) is 21.8 Å². The van der Waals surface area contributed by atoms with E-state index in [-0.39, 0.29) is 17.8 Å². The fourth-order valence-corrected chi connectivity index (χ4v) is 3.26. The monoisotopic (exact) mass is 314 g/mol. The molecule has 9 nitrogen and oxygen atoms in total. The van der Waals surface area contributed by atoms with Crippen molar-refractivity contribution in [2.75, 3.05) is 24.7 Å². The molecule has 116 valence electrons. The van der Waals surface area contributed by atoms with Crippen LogP contribution in [0.5, 0.6) is 0 Å². The number of hydrogen-bond donors (Lipinski definition) is 2. The molecule has 0 saturated carbocycles. The van der Waals surface area contributed by atoms with Crippen molar-refractivity contribution in [3.63, 3.8) is 0 Å². The molecule has 1 aromatic heterocycles. The normalized spacial score (nSPS) is 23.0. The Morgan fingerprint density at radius 2 is 2.14 bits per heavy atom. The molecule has 3 rings (SSSR count). The minimum absolute atomic E-state index is 0.115. The minimum Gasteiger partial charge on any atom is -0.352 e. The molecule has 1 atom stereocenters. The molecule has 1 unspecified atom stereocenters. The molecule has 0 spiro atoms. The van der Waals surface area contributed by atoms with Crippen LogP contribution in [0.25, 0.3) is 0 Å². The van der Waals surface area contributed by atoms with E-state index in [2.05, 4.69) is 20.7 Å². The first-order valence-corrected chi connectivity index (χ1v) is 8.65. The first-order chi connectivity index (χ1) is 9.83. The predicted octanol–water partition coefficient (Wildman–Crippen LogP) is -1.14. The molecular weight excluding hydrogens is 296 g/mol. The summed E-state index contributed by atoms with van der Waals surface area (Å²) in [6.07, 6.45) is 2.09. The van der Waals surface area contributed by atoms with Crippen molar-refractivity contribution in [3.05, 3.63) is 5.82 Å². The van der Waals surface area contributed by atoms with Gasteiger partial charge in [-0.15, -0.1) is 5.10 Å². The highest BCUT2D eigenvalue weighted by Gasteiger charge is 2.35. The van der Waals surface area contributed by atoms with Gasteiger partial charge in [0, 0.05) is 25.7 Å². The largest absolute Gasteiger partial charge is 0.352 e. The Balaban J connectivity index is 1.60. The number of sulfonamides is 1. The van der Waals surface area contributed by atoms with E-state index in [0.717, 1.165) is 19.2 Å². The quantitative estimate of drug-likeness (QED) is 0.729. The van der Waals surface area contributed by atoms with Crippen molar-refractivity contribution in [2.45, 2.75) is 32.0 Å². The number of carbonyl (C=O) groups is 1. The highest BCUT2D eigenvalue weighted by atomic mass is 32.2. The molecule has 1 amide bonds. The third-order valence-electron chi connectivity index (χ3n) is 3.68. The number of rotatable bonds is 3. The zero-order valence-corrected chi connectivity index (χ0v) is 12.7. The molecular formula is C11H18N6O3S. The molecule has 0 aliphatic carbocycles. The van der Waals surface area contributed by atoms with E-state index in [1.807, 2.05) is 6.92 Å². The molecule has 3 heterocycles. The van der Waals surface area contributed by atoms with Crippen LogP contribution in [-0.4, -0.2) is 64.8 Å². The number of carbonyl (C=O) groups excluding carboxylic acids is 1. The molecule has 0 radical (unpaired) electrons. The summed E-state index contributed by atoms with van der Waals surface area (Å²) in [7, 11) is -3.17. The van der Waals surface area contributed by atoms with Crippen LogP contribution in [0.15, 0.2) is 0 Å². The van der Waals surface area contributed by atoms with Crippen LogP contribution in [0.2, 0.25) is 0 Å². The lowest BCUT2D eigenvalue weighted by Gasteiger charge is -2.37. The molecule has 1 saturated heterocycles. The summed E-state index contributed by atoms with van der Waals surface area (Å²) in [5, 5.41) is 10.1. The Labute approximate surface area is 122 Å². The first kappa shape index (κ1) is 14.3. The van der Waals surface area contributed by atoms with Gasteiger partial charge in [-0.25, -0.2) is 13.1 Å². The summed E-state index contributed by atoms with van der Waals surface area (Å²) < 4.78 is 25.5. The summed E-state index contributed by atoms with van der Waals surface area (Å²) in [5.41, 5.74) is 0. The van der Waals surface area contributed by atoms with Gasteiger partial charge in [-0.3, -0.25) is 4.79 Å². The van der Waals surface area contributed by atoms with Crippen molar-refractivity contribution in [2.24, 2.45) is 0 Å². The van der Waals surface area contributed by atoms with E-state index in [0.29, 0.717) is 25.1 Å². The lowest BCUT2D eigenvalue weighted by atomic mass is 10.2. The van der Waals surface area contributed by atoms with E-state index in [1.165, 1.54) is 4.31 Å². The molecule has 2 aliphatic rings. The summed E-state index contributed by atoms with van der Waals surface area (Å²) in [6.45, 7) is 3.38. The Kier molecular flexibility index (Phi) is 3.36. The highest BCUT2D eigenvalue weighted by molar-refractivity contribution is 7.88.